The summed E-state index contributed by atoms with van der Waals surface area (Å²) in [5.41, 5.74) is 1.11. The molecule has 0 bridgehead atoms. The van der Waals surface area contributed by atoms with Gasteiger partial charge in [-0.1, -0.05) is 53.7 Å². The van der Waals surface area contributed by atoms with Crippen LogP contribution in [-0.4, -0.2) is 32.2 Å². The molecule has 0 aliphatic rings. The van der Waals surface area contributed by atoms with E-state index in [9.17, 15) is 9.59 Å². The fourth-order valence-electron chi connectivity index (χ4n) is 2.69. The van der Waals surface area contributed by atoms with Crippen molar-refractivity contribution in [3.05, 3.63) is 77.6 Å². The highest BCUT2D eigenvalue weighted by molar-refractivity contribution is 7.99. The molecule has 0 saturated heterocycles. The SMILES string of the molecule is C=CCn1c(COc2ccccc2Cl)nnc1SCC(=O)Nc1cccc(C(C)=O)c1. The first-order valence-corrected chi connectivity index (χ1v) is 10.8. The topological polar surface area (TPSA) is 86.1 Å². The number of amides is 1. The normalized spacial score (nSPS) is 10.5. The van der Waals surface area contributed by atoms with E-state index in [0.29, 0.717) is 39.5 Å². The van der Waals surface area contributed by atoms with Crippen LogP contribution in [0.5, 0.6) is 5.75 Å². The molecular weight excluding hydrogens is 436 g/mol. The van der Waals surface area contributed by atoms with Gasteiger partial charge in [0, 0.05) is 17.8 Å². The molecule has 31 heavy (non-hydrogen) atoms. The average Bonchev–Trinajstić information content (AvgIpc) is 3.14. The third kappa shape index (κ3) is 6.19. The highest BCUT2D eigenvalue weighted by atomic mass is 35.5. The maximum atomic E-state index is 12.4. The van der Waals surface area contributed by atoms with Crippen molar-refractivity contribution in [1.82, 2.24) is 14.8 Å². The first-order chi connectivity index (χ1) is 15.0. The molecular formula is C22H21ClN4O3S. The van der Waals surface area contributed by atoms with Gasteiger partial charge < -0.3 is 10.1 Å². The number of hydrogen-bond donors (Lipinski definition) is 1. The van der Waals surface area contributed by atoms with Gasteiger partial charge in [0.15, 0.2) is 16.8 Å². The third-order valence-corrected chi connectivity index (χ3v) is 5.46. The smallest absolute Gasteiger partial charge is 0.234 e. The fourth-order valence-corrected chi connectivity index (χ4v) is 3.65. The molecule has 0 aliphatic heterocycles. The Hall–Kier alpha value is -3.10. The Morgan fingerprint density at radius 1 is 1.23 bits per heavy atom. The van der Waals surface area contributed by atoms with Gasteiger partial charge in [-0.2, -0.15) is 0 Å². The lowest BCUT2D eigenvalue weighted by atomic mass is 10.1. The predicted molar refractivity (Wildman–Crippen MR) is 122 cm³/mol. The second kappa shape index (κ2) is 10.8. The fraction of sp³-hybridized carbons (Fsp3) is 0.182. The minimum absolute atomic E-state index is 0.0606. The van der Waals surface area contributed by atoms with Crippen molar-refractivity contribution in [1.29, 1.82) is 0 Å². The van der Waals surface area contributed by atoms with Crippen LogP contribution in [0, 0.1) is 0 Å². The number of allylic oxidation sites excluding steroid dienone is 1. The molecule has 9 heteroatoms. The van der Waals surface area contributed by atoms with Gasteiger partial charge in [-0.3, -0.25) is 14.2 Å². The third-order valence-electron chi connectivity index (χ3n) is 4.18. The van der Waals surface area contributed by atoms with Crippen molar-refractivity contribution < 1.29 is 14.3 Å². The number of thioether (sulfide) groups is 1. The molecule has 7 nitrogen and oxygen atoms in total. The molecule has 1 N–H and O–H groups in total. The summed E-state index contributed by atoms with van der Waals surface area (Å²) in [6.07, 6.45) is 1.72. The molecule has 0 radical (unpaired) electrons. The number of Topliss-reactive ketones (excluding diaryl/α,β-unsaturated/α-hetero) is 1. The van der Waals surface area contributed by atoms with Crippen molar-refractivity contribution in [3.8, 4) is 5.75 Å². The number of hydrogen-bond acceptors (Lipinski definition) is 6. The first-order valence-electron chi connectivity index (χ1n) is 9.42. The standard InChI is InChI=1S/C22H21ClN4O3S/c1-3-11-27-20(13-30-19-10-5-4-9-18(19)23)25-26-22(27)31-14-21(29)24-17-8-6-7-16(12-17)15(2)28/h3-10,12H,1,11,13-14H2,2H3,(H,24,29). The summed E-state index contributed by atoms with van der Waals surface area (Å²) in [7, 11) is 0. The Morgan fingerprint density at radius 3 is 2.77 bits per heavy atom. The van der Waals surface area contributed by atoms with Crippen molar-refractivity contribution in [2.75, 3.05) is 11.1 Å². The lowest BCUT2D eigenvalue weighted by molar-refractivity contribution is -0.113. The van der Waals surface area contributed by atoms with Gasteiger partial charge in [0.05, 0.1) is 10.8 Å². The minimum atomic E-state index is -0.215. The number of aromatic nitrogens is 3. The molecule has 160 valence electrons. The average molecular weight is 457 g/mol. The molecule has 1 heterocycles. The van der Waals surface area contributed by atoms with Crippen LogP contribution >= 0.6 is 23.4 Å². The Bertz CT molecular complexity index is 1100. The zero-order valence-electron chi connectivity index (χ0n) is 16.9. The molecule has 1 amide bonds. The van der Waals surface area contributed by atoms with Crippen molar-refractivity contribution in [2.24, 2.45) is 0 Å². The van der Waals surface area contributed by atoms with Crippen molar-refractivity contribution in [3.63, 3.8) is 0 Å². The highest BCUT2D eigenvalue weighted by Gasteiger charge is 2.15. The van der Waals surface area contributed by atoms with E-state index in [1.807, 2.05) is 16.7 Å². The molecule has 0 unspecified atom stereocenters. The summed E-state index contributed by atoms with van der Waals surface area (Å²) >= 11 is 7.37. The second-order valence-corrected chi connectivity index (χ2v) is 7.84. The summed E-state index contributed by atoms with van der Waals surface area (Å²) in [6.45, 7) is 5.90. The number of nitrogens with zero attached hydrogens (tertiary/aromatic N) is 3. The molecule has 0 saturated carbocycles. The number of para-hydroxylation sites is 1. The lowest BCUT2D eigenvalue weighted by Gasteiger charge is -2.10. The van der Waals surface area contributed by atoms with Crippen molar-refractivity contribution >= 4 is 40.7 Å². The molecule has 0 spiro atoms. The number of rotatable bonds is 10. The van der Waals surface area contributed by atoms with Crippen LogP contribution in [0.1, 0.15) is 23.1 Å². The van der Waals surface area contributed by atoms with Gasteiger partial charge in [0.1, 0.15) is 12.4 Å². The summed E-state index contributed by atoms with van der Waals surface area (Å²) in [5.74, 6) is 1.00. The Balaban J connectivity index is 1.62. The highest BCUT2D eigenvalue weighted by Crippen LogP contribution is 2.25. The van der Waals surface area contributed by atoms with Gasteiger partial charge in [0.2, 0.25) is 5.91 Å². The maximum Gasteiger partial charge on any atom is 0.234 e. The summed E-state index contributed by atoms with van der Waals surface area (Å²) in [6, 6.07) is 14.0. The van der Waals surface area contributed by atoms with E-state index in [-0.39, 0.29) is 24.1 Å². The van der Waals surface area contributed by atoms with Crippen LogP contribution in [0.25, 0.3) is 0 Å². The van der Waals surface area contributed by atoms with Crippen LogP contribution in [0.3, 0.4) is 0 Å². The quantitative estimate of drug-likeness (QED) is 0.272. The number of ether oxygens (including phenoxy) is 1. The minimum Gasteiger partial charge on any atom is -0.484 e. The van der Waals surface area contributed by atoms with Gasteiger partial charge in [-0.15, -0.1) is 16.8 Å². The summed E-state index contributed by atoms with van der Waals surface area (Å²) in [4.78, 5) is 23.9. The van der Waals surface area contributed by atoms with Gasteiger partial charge in [0.25, 0.3) is 0 Å². The zero-order valence-corrected chi connectivity index (χ0v) is 18.4. The Labute approximate surface area is 189 Å². The van der Waals surface area contributed by atoms with Crippen LogP contribution in [0.15, 0.2) is 66.3 Å². The van der Waals surface area contributed by atoms with Crippen LogP contribution in [0.2, 0.25) is 5.02 Å². The van der Waals surface area contributed by atoms with E-state index in [1.165, 1.54) is 18.7 Å². The molecule has 3 aromatic rings. The van der Waals surface area contributed by atoms with Gasteiger partial charge >= 0.3 is 0 Å². The molecule has 0 aliphatic carbocycles. The molecule has 2 aromatic carbocycles. The Morgan fingerprint density at radius 2 is 2.03 bits per heavy atom. The largest absolute Gasteiger partial charge is 0.484 e. The molecule has 0 fully saturated rings. The van der Waals surface area contributed by atoms with E-state index < -0.39 is 0 Å². The van der Waals surface area contributed by atoms with Crippen molar-refractivity contribution in [2.45, 2.75) is 25.2 Å². The Kier molecular flexibility index (Phi) is 7.86. The molecule has 1 aromatic heterocycles. The molecule has 0 atom stereocenters. The van der Waals surface area contributed by atoms with E-state index in [4.69, 9.17) is 16.3 Å². The van der Waals surface area contributed by atoms with E-state index in [1.54, 1.807) is 42.5 Å². The van der Waals surface area contributed by atoms with Gasteiger partial charge in [-0.25, -0.2) is 0 Å². The first kappa shape index (κ1) is 22.6. The number of carbonyl (C=O) groups excluding carboxylic acids is 2. The number of nitrogens with one attached hydrogen (secondary N) is 1. The summed E-state index contributed by atoms with van der Waals surface area (Å²) < 4.78 is 7.58. The zero-order chi connectivity index (χ0) is 22.2. The van der Waals surface area contributed by atoms with E-state index >= 15 is 0 Å². The number of ketones is 1. The summed E-state index contributed by atoms with van der Waals surface area (Å²) in [5, 5.41) is 12.2. The van der Waals surface area contributed by atoms with E-state index in [0.717, 1.165) is 0 Å². The number of carbonyl (C=O) groups is 2. The number of benzene rings is 2. The molecule has 3 rings (SSSR count). The maximum absolute atomic E-state index is 12.4. The lowest BCUT2D eigenvalue weighted by Crippen LogP contribution is -2.15. The number of anilines is 1. The monoisotopic (exact) mass is 456 g/mol. The second-order valence-electron chi connectivity index (χ2n) is 6.49. The van der Waals surface area contributed by atoms with Crippen LogP contribution in [-0.2, 0) is 17.9 Å². The van der Waals surface area contributed by atoms with E-state index in [2.05, 4.69) is 22.1 Å². The predicted octanol–water partition coefficient (Wildman–Crippen LogP) is 4.63. The van der Waals surface area contributed by atoms with Crippen LogP contribution in [0.4, 0.5) is 5.69 Å². The van der Waals surface area contributed by atoms with Crippen LogP contribution < -0.4 is 10.1 Å². The van der Waals surface area contributed by atoms with Gasteiger partial charge in [-0.05, 0) is 31.2 Å². The number of halogens is 1.